The number of nitrogens with zero attached hydrogens (tertiary/aromatic N) is 3. The number of rotatable bonds is 5. The van der Waals surface area contributed by atoms with Crippen LogP contribution in [0.4, 0.5) is 0 Å². The predicted molar refractivity (Wildman–Crippen MR) is 74.9 cm³/mol. The van der Waals surface area contributed by atoms with Crippen LogP contribution in [0.5, 0.6) is 0 Å². The first-order valence-corrected chi connectivity index (χ1v) is 6.65. The normalized spacial score (nSPS) is 14.0. The SMILES string of the molecule is CC(C)NC(=O)C(C)C(c1cn[nH]c1)c1ncccn1. The summed E-state index contributed by atoms with van der Waals surface area (Å²) in [7, 11) is 0. The molecule has 2 aromatic rings. The van der Waals surface area contributed by atoms with Gasteiger partial charge in [0.25, 0.3) is 0 Å². The highest BCUT2D eigenvalue weighted by Gasteiger charge is 2.30. The highest BCUT2D eigenvalue weighted by atomic mass is 16.1. The van der Waals surface area contributed by atoms with Gasteiger partial charge >= 0.3 is 0 Å². The predicted octanol–water partition coefficient (Wildman–Crippen LogP) is 1.49. The zero-order valence-electron chi connectivity index (χ0n) is 11.9. The van der Waals surface area contributed by atoms with Crippen LogP contribution in [0.1, 0.15) is 38.1 Å². The molecule has 6 nitrogen and oxygen atoms in total. The first-order chi connectivity index (χ1) is 9.59. The smallest absolute Gasteiger partial charge is 0.224 e. The maximum Gasteiger partial charge on any atom is 0.224 e. The maximum atomic E-state index is 12.3. The molecular weight excluding hydrogens is 254 g/mol. The third-order valence-corrected chi connectivity index (χ3v) is 3.09. The number of aromatic nitrogens is 4. The standard InChI is InChI=1S/C14H19N5O/c1-9(2)19-14(20)10(3)12(11-7-17-18-8-11)13-15-5-4-6-16-13/h4-10,12H,1-3H3,(H,17,18)(H,19,20). The summed E-state index contributed by atoms with van der Waals surface area (Å²) in [5.74, 6) is 0.116. The fourth-order valence-corrected chi connectivity index (χ4v) is 2.13. The van der Waals surface area contributed by atoms with Crippen molar-refractivity contribution >= 4 is 5.91 Å². The Morgan fingerprint density at radius 1 is 1.25 bits per heavy atom. The quantitative estimate of drug-likeness (QED) is 0.864. The van der Waals surface area contributed by atoms with E-state index in [1.165, 1.54) is 0 Å². The Balaban J connectivity index is 2.30. The van der Waals surface area contributed by atoms with Gasteiger partial charge in [0.05, 0.1) is 12.1 Å². The second-order valence-electron chi connectivity index (χ2n) is 5.07. The summed E-state index contributed by atoms with van der Waals surface area (Å²) >= 11 is 0. The van der Waals surface area contributed by atoms with Crippen LogP contribution in [0.2, 0.25) is 0 Å². The number of amides is 1. The van der Waals surface area contributed by atoms with Crippen LogP contribution in [-0.4, -0.2) is 32.1 Å². The number of H-pyrrole nitrogens is 1. The molecule has 2 heterocycles. The van der Waals surface area contributed by atoms with Gasteiger partial charge in [-0.2, -0.15) is 5.10 Å². The molecule has 0 radical (unpaired) electrons. The van der Waals surface area contributed by atoms with Gasteiger partial charge in [-0.3, -0.25) is 9.89 Å². The molecule has 2 N–H and O–H groups in total. The number of nitrogens with one attached hydrogen (secondary N) is 2. The first-order valence-electron chi connectivity index (χ1n) is 6.65. The summed E-state index contributed by atoms with van der Waals surface area (Å²) in [4.78, 5) is 20.8. The van der Waals surface area contributed by atoms with Crippen LogP contribution in [0, 0.1) is 5.92 Å². The van der Waals surface area contributed by atoms with E-state index in [0.717, 1.165) is 5.56 Å². The summed E-state index contributed by atoms with van der Waals surface area (Å²) in [5, 5.41) is 9.67. The van der Waals surface area contributed by atoms with E-state index in [9.17, 15) is 4.79 Å². The van der Waals surface area contributed by atoms with Gasteiger partial charge in [0.15, 0.2) is 0 Å². The lowest BCUT2D eigenvalue weighted by molar-refractivity contribution is -0.125. The minimum absolute atomic E-state index is 0.0151. The Morgan fingerprint density at radius 3 is 2.50 bits per heavy atom. The van der Waals surface area contributed by atoms with Crippen LogP contribution in [0.25, 0.3) is 0 Å². The van der Waals surface area contributed by atoms with Crippen molar-refractivity contribution in [1.82, 2.24) is 25.5 Å². The highest BCUT2D eigenvalue weighted by molar-refractivity contribution is 5.80. The van der Waals surface area contributed by atoms with E-state index >= 15 is 0 Å². The Labute approximate surface area is 118 Å². The summed E-state index contributed by atoms with van der Waals surface area (Å²) in [6.45, 7) is 5.76. The summed E-state index contributed by atoms with van der Waals surface area (Å²) in [6.07, 6.45) is 6.85. The molecule has 106 valence electrons. The average Bonchev–Trinajstić information content (AvgIpc) is 2.93. The molecule has 6 heteroatoms. The van der Waals surface area contributed by atoms with Crippen molar-refractivity contribution in [1.29, 1.82) is 0 Å². The molecule has 0 spiro atoms. The molecule has 0 aliphatic carbocycles. The van der Waals surface area contributed by atoms with Crippen molar-refractivity contribution in [2.24, 2.45) is 5.92 Å². The van der Waals surface area contributed by atoms with Crippen LogP contribution in [0.15, 0.2) is 30.9 Å². The van der Waals surface area contributed by atoms with Crippen LogP contribution >= 0.6 is 0 Å². The zero-order chi connectivity index (χ0) is 14.5. The molecule has 0 aliphatic heterocycles. The number of aromatic amines is 1. The van der Waals surface area contributed by atoms with Crippen LogP contribution in [0.3, 0.4) is 0 Å². The van der Waals surface area contributed by atoms with Gasteiger partial charge in [-0.1, -0.05) is 6.92 Å². The van der Waals surface area contributed by atoms with E-state index < -0.39 is 0 Å². The second-order valence-corrected chi connectivity index (χ2v) is 5.07. The number of hydrogen-bond donors (Lipinski definition) is 2. The lowest BCUT2D eigenvalue weighted by Crippen LogP contribution is -2.37. The van der Waals surface area contributed by atoms with Crippen molar-refractivity contribution in [2.75, 3.05) is 0 Å². The maximum absolute atomic E-state index is 12.3. The van der Waals surface area contributed by atoms with Crippen molar-refractivity contribution in [3.63, 3.8) is 0 Å². The Morgan fingerprint density at radius 2 is 1.95 bits per heavy atom. The molecule has 0 bridgehead atoms. The molecule has 1 amide bonds. The molecular formula is C14H19N5O. The molecule has 2 unspecified atom stereocenters. The van der Waals surface area contributed by atoms with Crippen LogP contribution in [-0.2, 0) is 4.79 Å². The number of carbonyl (C=O) groups excluding carboxylic acids is 1. The number of carbonyl (C=O) groups is 1. The van der Waals surface area contributed by atoms with Crippen molar-refractivity contribution in [2.45, 2.75) is 32.7 Å². The highest BCUT2D eigenvalue weighted by Crippen LogP contribution is 2.29. The summed E-state index contributed by atoms with van der Waals surface area (Å²) in [6, 6.07) is 1.86. The third kappa shape index (κ3) is 3.20. The van der Waals surface area contributed by atoms with Gasteiger partial charge in [0, 0.05) is 36.1 Å². The van der Waals surface area contributed by atoms with E-state index in [4.69, 9.17) is 0 Å². The third-order valence-electron chi connectivity index (χ3n) is 3.09. The van der Waals surface area contributed by atoms with Crippen molar-refractivity contribution in [3.05, 3.63) is 42.2 Å². The minimum Gasteiger partial charge on any atom is -0.354 e. The lowest BCUT2D eigenvalue weighted by Gasteiger charge is -2.22. The van der Waals surface area contributed by atoms with Crippen LogP contribution < -0.4 is 5.32 Å². The van der Waals surface area contributed by atoms with E-state index in [1.54, 1.807) is 30.9 Å². The molecule has 20 heavy (non-hydrogen) atoms. The lowest BCUT2D eigenvalue weighted by atomic mass is 9.87. The zero-order valence-corrected chi connectivity index (χ0v) is 11.9. The Kier molecular flexibility index (Phi) is 4.45. The molecule has 0 fully saturated rings. The molecule has 0 saturated carbocycles. The summed E-state index contributed by atoms with van der Waals surface area (Å²) in [5.41, 5.74) is 0.905. The van der Waals surface area contributed by atoms with Gasteiger partial charge in [-0.05, 0) is 19.9 Å². The van der Waals surface area contributed by atoms with Gasteiger partial charge in [0.1, 0.15) is 5.82 Å². The van der Waals surface area contributed by atoms with Crippen molar-refractivity contribution in [3.8, 4) is 0 Å². The van der Waals surface area contributed by atoms with Gasteiger partial charge in [0.2, 0.25) is 5.91 Å². The topological polar surface area (TPSA) is 83.6 Å². The molecule has 0 aliphatic rings. The molecule has 0 aromatic carbocycles. The van der Waals surface area contributed by atoms with E-state index in [-0.39, 0.29) is 23.8 Å². The van der Waals surface area contributed by atoms with Gasteiger partial charge in [-0.25, -0.2) is 9.97 Å². The van der Waals surface area contributed by atoms with E-state index in [0.29, 0.717) is 5.82 Å². The number of hydrogen-bond acceptors (Lipinski definition) is 4. The molecule has 2 rings (SSSR count). The molecule has 0 saturated heterocycles. The summed E-state index contributed by atoms with van der Waals surface area (Å²) < 4.78 is 0. The molecule has 2 aromatic heterocycles. The van der Waals surface area contributed by atoms with Gasteiger partial charge < -0.3 is 5.32 Å². The van der Waals surface area contributed by atoms with Crippen molar-refractivity contribution < 1.29 is 4.79 Å². The first kappa shape index (κ1) is 14.2. The second kappa shape index (κ2) is 6.27. The minimum atomic E-state index is -0.280. The Hall–Kier alpha value is -2.24. The monoisotopic (exact) mass is 273 g/mol. The Bertz CT molecular complexity index is 538. The fourth-order valence-electron chi connectivity index (χ4n) is 2.13. The van der Waals surface area contributed by atoms with E-state index in [2.05, 4.69) is 25.5 Å². The van der Waals surface area contributed by atoms with Gasteiger partial charge in [-0.15, -0.1) is 0 Å². The van der Waals surface area contributed by atoms with E-state index in [1.807, 2.05) is 20.8 Å². The fraction of sp³-hybridized carbons (Fsp3) is 0.429. The average molecular weight is 273 g/mol. The largest absolute Gasteiger partial charge is 0.354 e. The molecule has 2 atom stereocenters.